The maximum atomic E-state index is 14.1. The van der Waals surface area contributed by atoms with E-state index in [9.17, 15) is 19.2 Å². The fourth-order valence-electron chi connectivity index (χ4n) is 9.00. The molecule has 2 aromatic heterocycles. The van der Waals surface area contributed by atoms with Crippen LogP contribution < -0.4 is 5.32 Å². The smallest absolute Gasteiger partial charge is 0.409 e. The summed E-state index contributed by atoms with van der Waals surface area (Å²) >= 11 is 0. The lowest BCUT2D eigenvalue weighted by Gasteiger charge is -2.36. The Morgan fingerprint density at radius 2 is 1.14 bits per heavy atom. The predicted molar refractivity (Wildman–Crippen MR) is 226 cm³/mol. The van der Waals surface area contributed by atoms with Crippen molar-refractivity contribution in [3.63, 3.8) is 0 Å². The molecule has 5 aromatic rings. The Morgan fingerprint density at radius 1 is 0.678 bits per heavy atom. The molecule has 0 saturated carbocycles. The third-order valence-corrected chi connectivity index (χ3v) is 12.2. The molecule has 3 N–H and O–H groups in total. The number of hydrogen-bond acceptors (Lipinski definition) is 8. The third kappa shape index (κ3) is 7.96. The number of methoxy groups -OCH3 is 2. The molecule has 7 rings (SSSR count). The highest BCUT2D eigenvalue weighted by Gasteiger charge is 2.44. The summed E-state index contributed by atoms with van der Waals surface area (Å²) < 4.78 is 9.75. The highest BCUT2D eigenvalue weighted by molar-refractivity contribution is 5.89. The Morgan fingerprint density at radius 3 is 1.56 bits per heavy atom. The van der Waals surface area contributed by atoms with Gasteiger partial charge in [-0.05, 0) is 97.9 Å². The number of imidazole rings is 2. The molecule has 0 bridgehead atoms. The van der Waals surface area contributed by atoms with Crippen LogP contribution in [0.25, 0.3) is 44.3 Å². The number of alkyl carbamates (subject to hydrolysis) is 1. The standard InChI is InChI=1S/C45H56N8O6/c1-24(2)38(50-44(56)58-8)42(54)52-26(5)10-20-36(52)40-46-32-18-16-30(22-34(32)48-40)28-12-14-29(15-13-28)31-17-19-33-35(23-31)49-41(47-33)37-21-11-27(6)53(37)43(55)39(25(3)4)51(7)45(57)59-9/h12-19,22-27,36-39H,10-11,20-21H2,1-9H3,(H,46,48)(H,47,49)(H,50,56)/t26?,27?,36?,37-,38-,39-/m0/s1. The van der Waals surface area contributed by atoms with Crippen molar-refractivity contribution < 1.29 is 28.7 Å². The van der Waals surface area contributed by atoms with E-state index >= 15 is 0 Å². The minimum atomic E-state index is -0.709. The Kier molecular flexibility index (Phi) is 11.7. The zero-order chi connectivity index (χ0) is 42.3. The lowest BCUT2D eigenvalue weighted by atomic mass is 10.00. The van der Waals surface area contributed by atoms with Crippen molar-refractivity contribution in [1.82, 2.24) is 40.0 Å². The number of carbonyl (C=O) groups is 4. The SMILES string of the molecule is COC(=O)N[C@H](C(=O)N1C(C)CCC1c1nc2ccc(-c3ccc(-c4ccc5nc([C@@H]6CCC(C)N6C(=O)[C@H](C(C)C)N(C)C(=O)OC)[nH]c5c4)cc3)cc2[nH]1)C(C)C. The number of aromatic amines is 2. The highest BCUT2D eigenvalue weighted by Crippen LogP contribution is 2.39. The summed E-state index contributed by atoms with van der Waals surface area (Å²) in [6, 6.07) is 18.9. The molecule has 14 heteroatoms. The molecular weight excluding hydrogens is 749 g/mol. The van der Waals surface area contributed by atoms with Gasteiger partial charge in [-0.25, -0.2) is 19.6 Å². The van der Waals surface area contributed by atoms with Crippen molar-refractivity contribution in [3.8, 4) is 22.3 Å². The average molecular weight is 805 g/mol. The van der Waals surface area contributed by atoms with Gasteiger partial charge in [0.25, 0.3) is 0 Å². The maximum absolute atomic E-state index is 14.1. The summed E-state index contributed by atoms with van der Waals surface area (Å²) in [5, 5.41) is 2.73. The van der Waals surface area contributed by atoms with Crippen molar-refractivity contribution in [2.45, 2.75) is 103 Å². The monoisotopic (exact) mass is 804 g/mol. The quantitative estimate of drug-likeness (QED) is 0.128. The van der Waals surface area contributed by atoms with Crippen LogP contribution in [0.2, 0.25) is 0 Å². The fraction of sp³-hybridized carbons (Fsp3) is 0.467. The second-order valence-corrected chi connectivity index (χ2v) is 16.8. The normalized spacial score (nSPS) is 20.4. The largest absolute Gasteiger partial charge is 0.453 e. The van der Waals surface area contributed by atoms with Crippen molar-refractivity contribution in [2.75, 3.05) is 21.3 Å². The first-order valence-electron chi connectivity index (χ1n) is 20.6. The van der Waals surface area contributed by atoms with Gasteiger partial charge in [-0.1, -0.05) is 64.1 Å². The van der Waals surface area contributed by atoms with Crippen LogP contribution in [-0.2, 0) is 19.1 Å². The molecule has 4 heterocycles. The Bertz CT molecular complexity index is 2350. The Balaban J connectivity index is 1.09. The number of rotatable bonds is 10. The number of nitrogens with zero attached hydrogens (tertiary/aromatic N) is 5. The highest BCUT2D eigenvalue weighted by atomic mass is 16.5. The molecule has 2 aliphatic heterocycles. The van der Waals surface area contributed by atoms with Gasteiger partial charge in [-0.2, -0.15) is 0 Å². The lowest BCUT2D eigenvalue weighted by molar-refractivity contribution is -0.140. The molecule has 0 aliphatic carbocycles. The van der Waals surface area contributed by atoms with Crippen molar-refractivity contribution in [3.05, 3.63) is 72.3 Å². The van der Waals surface area contributed by atoms with Crippen molar-refractivity contribution >= 4 is 46.1 Å². The molecule has 2 saturated heterocycles. The number of likely N-dealkylation sites (tertiary alicyclic amines) is 2. The fourth-order valence-corrected chi connectivity index (χ4v) is 9.00. The molecule has 6 atom stereocenters. The van der Waals surface area contributed by atoms with E-state index in [4.69, 9.17) is 19.4 Å². The molecule has 59 heavy (non-hydrogen) atoms. The number of benzene rings is 3. The first-order valence-corrected chi connectivity index (χ1v) is 20.6. The second kappa shape index (κ2) is 16.7. The molecule has 0 radical (unpaired) electrons. The van der Waals surface area contributed by atoms with Crippen LogP contribution in [0.15, 0.2) is 60.7 Å². The first kappa shape index (κ1) is 41.2. The van der Waals surface area contributed by atoms with E-state index in [2.05, 4.69) is 63.8 Å². The number of ether oxygens (including phenoxy) is 2. The van der Waals surface area contributed by atoms with Crippen molar-refractivity contribution in [1.29, 1.82) is 0 Å². The summed E-state index contributed by atoms with van der Waals surface area (Å²) in [6.07, 6.45) is 2.04. The zero-order valence-corrected chi connectivity index (χ0v) is 35.4. The minimum Gasteiger partial charge on any atom is -0.453 e. The molecular formula is C45H56N8O6. The van der Waals surface area contributed by atoms with E-state index < -0.39 is 24.3 Å². The molecule has 2 aliphatic rings. The predicted octanol–water partition coefficient (Wildman–Crippen LogP) is 7.98. The number of fused-ring (bicyclic) bond motifs is 2. The zero-order valence-electron chi connectivity index (χ0n) is 35.4. The number of hydrogen-bond donors (Lipinski definition) is 3. The van der Waals surface area contributed by atoms with E-state index in [-0.39, 0.29) is 47.8 Å². The summed E-state index contributed by atoms with van der Waals surface area (Å²) in [4.78, 5) is 74.5. The molecule has 3 aromatic carbocycles. The van der Waals surface area contributed by atoms with Crippen molar-refractivity contribution in [2.24, 2.45) is 11.8 Å². The van der Waals surface area contributed by atoms with E-state index in [1.807, 2.05) is 63.5 Å². The van der Waals surface area contributed by atoms with Gasteiger partial charge < -0.3 is 34.6 Å². The van der Waals surface area contributed by atoms with E-state index in [1.54, 1.807) is 7.05 Å². The molecule has 0 spiro atoms. The van der Waals surface area contributed by atoms with Crippen LogP contribution in [0.1, 0.15) is 91.0 Å². The average Bonchev–Trinajstić information content (AvgIpc) is 4.02. The number of nitrogens with one attached hydrogen (secondary N) is 3. The van der Waals surface area contributed by atoms with Crippen LogP contribution in [0.4, 0.5) is 9.59 Å². The van der Waals surface area contributed by atoms with E-state index in [0.717, 1.165) is 81.7 Å². The first-order chi connectivity index (χ1) is 28.2. The van der Waals surface area contributed by atoms with Gasteiger partial charge in [-0.3, -0.25) is 14.5 Å². The summed E-state index contributed by atoms with van der Waals surface area (Å²) in [5.74, 6) is 0.995. The summed E-state index contributed by atoms with van der Waals surface area (Å²) in [5.41, 5.74) is 7.58. The van der Waals surface area contributed by atoms with Gasteiger partial charge in [0.15, 0.2) is 0 Å². The van der Waals surface area contributed by atoms with Gasteiger partial charge in [0.05, 0.1) is 48.4 Å². The number of aromatic nitrogens is 4. The third-order valence-electron chi connectivity index (χ3n) is 12.2. The number of amides is 4. The summed E-state index contributed by atoms with van der Waals surface area (Å²) in [7, 11) is 4.23. The lowest BCUT2D eigenvalue weighted by Crippen LogP contribution is -2.53. The van der Waals surface area contributed by atoms with Crippen LogP contribution in [-0.4, -0.2) is 104 Å². The van der Waals surface area contributed by atoms with Crippen LogP contribution in [0.3, 0.4) is 0 Å². The molecule has 3 unspecified atom stereocenters. The second-order valence-electron chi connectivity index (χ2n) is 16.8. The minimum absolute atomic E-state index is 0.00360. The van der Waals surface area contributed by atoms with Gasteiger partial charge in [0.1, 0.15) is 23.7 Å². The van der Waals surface area contributed by atoms with Crippen LogP contribution >= 0.6 is 0 Å². The topological polar surface area (TPSA) is 166 Å². The van der Waals surface area contributed by atoms with Gasteiger partial charge >= 0.3 is 12.2 Å². The Hall–Kier alpha value is -5.92. The molecule has 4 amide bonds. The van der Waals surface area contributed by atoms with Crippen LogP contribution in [0.5, 0.6) is 0 Å². The number of likely N-dealkylation sites (N-methyl/N-ethyl adjacent to an activating group) is 1. The number of H-pyrrole nitrogens is 2. The molecule has 312 valence electrons. The molecule has 14 nitrogen and oxygen atoms in total. The number of carbonyl (C=O) groups excluding carboxylic acids is 4. The maximum Gasteiger partial charge on any atom is 0.409 e. The Labute approximate surface area is 345 Å². The van der Waals surface area contributed by atoms with Gasteiger partial charge in [-0.15, -0.1) is 0 Å². The molecule has 2 fully saturated rings. The van der Waals surface area contributed by atoms with E-state index in [1.165, 1.54) is 19.1 Å². The van der Waals surface area contributed by atoms with Gasteiger partial charge in [0, 0.05) is 19.1 Å². The summed E-state index contributed by atoms with van der Waals surface area (Å²) in [6.45, 7) is 11.8. The van der Waals surface area contributed by atoms with Gasteiger partial charge in [0.2, 0.25) is 11.8 Å². The van der Waals surface area contributed by atoms with Crippen LogP contribution in [0, 0.1) is 11.8 Å². The van der Waals surface area contributed by atoms with E-state index in [0.29, 0.717) is 0 Å².